The molecule has 0 saturated carbocycles. The molecule has 0 radical (unpaired) electrons. The minimum Gasteiger partial charge on any atom is -0.431 e. The Morgan fingerprint density at radius 3 is 2.78 bits per heavy atom. The Kier molecular flexibility index (Phi) is 6.26. The van der Waals surface area contributed by atoms with Gasteiger partial charge in [0.2, 0.25) is 11.8 Å². The lowest BCUT2D eigenvalue weighted by Gasteiger charge is -2.16. The number of oxazole rings is 1. The Morgan fingerprint density at radius 2 is 2.00 bits per heavy atom. The molecule has 1 aromatic heterocycles. The third-order valence-corrected chi connectivity index (χ3v) is 4.98. The number of carbonyl (C=O) groups excluding carboxylic acids is 2. The van der Waals surface area contributed by atoms with Crippen molar-refractivity contribution in [2.24, 2.45) is 0 Å². The van der Waals surface area contributed by atoms with Gasteiger partial charge in [-0.1, -0.05) is 47.1 Å². The van der Waals surface area contributed by atoms with Crippen molar-refractivity contribution in [2.75, 3.05) is 24.7 Å². The first kappa shape index (κ1) is 19.5. The summed E-state index contributed by atoms with van der Waals surface area (Å²) in [7, 11) is 1.56. The SMILES string of the molecule is CN(CC(=O)Nc1ccccc1Cl)C(=O)CSc1nc2cc(Cl)ccc2o1. The molecule has 3 rings (SSSR count). The zero-order valence-electron chi connectivity index (χ0n) is 14.2. The van der Waals surface area contributed by atoms with Crippen LogP contribution in [0.15, 0.2) is 52.1 Å². The molecule has 0 aliphatic rings. The summed E-state index contributed by atoms with van der Waals surface area (Å²) in [5, 5.41) is 4.05. The first-order valence-corrected chi connectivity index (χ1v) is 9.64. The molecule has 0 spiro atoms. The van der Waals surface area contributed by atoms with Crippen LogP contribution in [0, 0.1) is 0 Å². The van der Waals surface area contributed by atoms with Gasteiger partial charge in [0, 0.05) is 12.1 Å². The molecule has 27 heavy (non-hydrogen) atoms. The second-order valence-corrected chi connectivity index (χ2v) is 7.43. The monoisotopic (exact) mass is 423 g/mol. The summed E-state index contributed by atoms with van der Waals surface area (Å²) in [5.41, 5.74) is 1.73. The van der Waals surface area contributed by atoms with Crippen molar-refractivity contribution in [3.05, 3.63) is 52.5 Å². The highest BCUT2D eigenvalue weighted by Crippen LogP contribution is 2.25. The maximum atomic E-state index is 12.2. The lowest BCUT2D eigenvalue weighted by Crippen LogP contribution is -2.36. The van der Waals surface area contributed by atoms with Crippen LogP contribution < -0.4 is 5.32 Å². The van der Waals surface area contributed by atoms with Crippen LogP contribution in [0.3, 0.4) is 0 Å². The Morgan fingerprint density at radius 1 is 1.22 bits per heavy atom. The molecule has 0 aliphatic heterocycles. The van der Waals surface area contributed by atoms with Crippen molar-refractivity contribution in [1.29, 1.82) is 0 Å². The molecule has 140 valence electrons. The number of fused-ring (bicyclic) bond motifs is 1. The molecule has 0 aliphatic carbocycles. The maximum Gasteiger partial charge on any atom is 0.257 e. The molecule has 9 heteroatoms. The molecule has 1 heterocycles. The van der Waals surface area contributed by atoms with Gasteiger partial charge in [0.25, 0.3) is 5.22 Å². The van der Waals surface area contributed by atoms with Crippen LogP contribution in [0.1, 0.15) is 0 Å². The molecule has 0 bridgehead atoms. The second kappa shape index (κ2) is 8.65. The van der Waals surface area contributed by atoms with E-state index >= 15 is 0 Å². The number of nitrogens with one attached hydrogen (secondary N) is 1. The normalized spacial score (nSPS) is 10.8. The van der Waals surface area contributed by atoms with E-state index in [1.165, 1.54) is 4.90 Å². The number of aromatic nitrogens is 1. The number of nitrogens with zero attached hydrogens (tertiary/aromatic N) is 2. The van der Waals surface area contributed by atoms with Gasteiger partial charge in [-0.25, -0.2) is 4.98 Å². The van der Waals surface area contributed by atoms with Crippen LogP contribution in [0.4, 0.5) is 5.69 Å². The highest BCUT2D eigenvalue weighted by molar-refractivity contribution is 7.99. The van der Waals surface area contributed by atoms with Gasteiger partial charge < -0.3 is 14.6 Å². The lowest BCUT2D eigenvalue weighted by molar-refractivity contribution is -0.131. The number of thioether (sulfide) groups is 1. The number of carbonyl (C=O) groups is 2. The number of rotatable bonds is 6. The summed E-state index contributed by atoms with van der Waals surface area (Å²) in [6, 6.07) is 12.0. The van der Waals surface area contributed by atoms with Crippen molar-refractivity contribution >= 4 is 63.6 Å². The Hall–Kier alpha value is -2.22. The molecular weight excluding hydrogens is 409 g/mol. The average Bonchev–Trinajstić information content (AvgIpc) is 3.03. The third kappa shape index (κ3) is 5.15. The predicted octanol–water partition coefficient (Wildman–Crippen LogP) is 4.32. The van der Waals surface area contributed by atoms with Gasteiger partial charge in [0.05, 0.1) is 23.0 Å². The molecule has 0 atom stereocenters. The van der Waals surface area contributed by atoms with E-state index in [9.17, 15) is 9.59 Å². The summed E-state index contributed by atoms with van der Waals surface area (Å²) < 4.78 is 5.55. The quantitative estimate of drug-likeness (QED) is 0.597. The van der Waals surface area contributed by atoms with Crippen molar-refractivity contribution < 1.29 is 14.0 Å². The summed E-state index contributed by atoms with van der Waals surface area (Å²) in [4.78, 5) is 29.9. The number of likely N-dealkylation sites (N-methyl/N-ethyl adjacent to an activating group) is 1. The molecule has 3 aromatic rings. The molecule has 0 fully saturated rings. The van der Waals surface area contributed by atoms with E-state index in [0.29, 0.717) is 32.1 Å². The smallest absolute Gasteiger partial charge is 0.257 e. The number of hydrogen-bond donors (Lipinski definition) is 1. The predicted molar refractivity (Wildman–Crippen MR) is 107 cm³/mol. The summed E-state index contributed by atoms with van der Waals surface area (Å²) in [5.74, 6) is -0.466. The molecule has 0 saturated heterocycles. The minimum atomic E-state index is -0.333. The molecule has 6 nitrogen and oxygen atoms in total. The molecule has 2 aromatic carbocycles. The number of anilines is 1. The fraction of sp³-hybridized carbons (Fsp3) is 0.167. The van der Waals surface area contributed by atoms with E-state index in [1.54, 1.807) is 49.5 Å². The topological polar surface area (TPSA) is 75.4 Å². The van der Waals surface area contributed by atoms with E-state index in [0.717, 1.165) is 11.8 Å². The number of amides is 2. The van der Waals surface area contributed by atoms with Crippen LogP contribution >= 0.6 is 35.0 Å². The van der Waals surface area contributed by atoms with Crippen molar-refractivity contribution in [1.82, 2.24) is 9.88 Å². The van der Waals surface area contributed by atoms with Gasteiger partial charge in [0.15, 0.2) is 5.58 Å². The first-order valence-electron chi connectivity index (χ1n) is 7.89. The van der Waals surface area contributed by atoms with Gasteiger partial charge in [-0.05, 0) is 30.3 Å². The van der Waals surface area contributed by atoms with Crippen LogP contribution in [-0.4, -0.2) is 41.0 Å². The van der Waals surface area contributed by atoms with Crippen LogP contribution in [0.2, 0.25) is 10.0 Å². The van der Waals surface area contributed by atoms with Crippen molar-refractivity contribution in [3.63, 3.8) is 0 Å². The third-order valence-electron chi connectivity index (χ3n) is 3.60. The standard InChI is InChI=1S/C18H15Cl2N3O3S/c1-23(9-16(24)21-13-5-3-2-4-12(13)20)17(25)10-27-18-22-14-8-11(19)6-7-15(14)26-18/h2-8H,9-10H2,1H3,(H,21,24). The molecular formula is C18H15Cl2N3O3S. The van der Waals surface area contributed by atoms with E-state index in [2.05, 4.69) is 10.3 Å². The zero-order valence-corrected chi connectivity index (χ0v) is 16.6. The minimum absolute atomic E-state index is 0.0895. The zero-order chi connectivity index (χ0) is 19.4. The van der Waals surface area contributed by atoms with Crippen molar-refractivity contribution in [2.45, 2.75) is 5.22 Å². The van der Waals surface area contributed by atoms with E-state index in [-0.39, 0.29) is 24.1 Å². The highest BCUT2D eigenvalue weighted by Gasteiger charge is 2.16. The highest BCUT2D eigenvalue weighted by atomic mass is 35.5. The first-order chi connectivity index (χ1) is 12.9. The fourth-order valence-corrected chi connectivity index (χ4v) is 3.36. The summed E-state index contributed by atoms with van der Waals surface area (Å²) in [6.07, 6.45) is 0. The van der Waals surface area contributed by atoms with Gasteiger partial charge in [-0.2, -0.15) is 0 Å². The summed E-state index contributed by atoms with van der Waals surface area (Å²) in [6.45, 7) is -0.0895. The fourth-order valence-electron chi connectivity index (χ4n) is 2.23. The Labute approximate surface area is 169 Å². The lowest BCUT2D eigenvalue weighted by atomic mass is 10.3. The number of benzene rings is 2. The Bertz CT molecular complexity index is 993. The number of halogens is 2. The molecule has 0 unspecified atom stereocenters. The number of hydrogen-bond acceptors (Lipinski definition) is 5. The molecule has 2 amide bonds. The van der Waals surface area contributed by atoms with Gasteiger partial charge in [-0.15, -0.1) is 0 Å². The van der Waals surface area contributed by atoms with E-state index in [1.807, 2.05) is 0 Å². The number of para-hydroxylation sites is 1. The Balaban J connectivity index is 1.52. The largest absolute Gasteiger partial charge is 0.431 e. The van der Waals surface area contributed by atoms with Gasteiger partial charge in [-0.3, -0.25) is 9.59 Å². The molecule has 1 N–H and O–H groups in total. The van der Waals surface area contributed by atoms with Crippen molar-refractivity contribution in [3.8, 4) is 0 Å². The average molecular weight is 424 g/mol. The second-order valence-electron chi connectivity index (χ2n) is 5.66. The van der Waals surface area contributed by atoms with Crippen LogP contribution in [-0.2, 0) is 9.59 Å². The van der Waals surface area contributed by atoms with E-state index in [4.69, 9.17) is 27.6 Å². The van der Waals surface area contributed by atoms with Crippen LogP contribution in [0.5, 0.6) is 0 Å². The summed E-state index contributed by atoms with van der Waals surface area (Å²) >= 11 is 13.1. The van der Waals surface area contributed by atoms with Gasteiger partial charge >= 0.3 is 0 Å². The van der Waals surface area contributed by atoms with E-state index < -0.39 is 0 Å². The van der Waals surface area contributed by atoms with Crippen LogP contribution in [0.25, 0.3) is 11.1 Å². The maximum absolute atomic E-state index is 12.2. The van der Waals surface area contributed by atoms with Gasteiger partial charge in [0.1, 0.15) is 5.52 Å².